The Hall–Kier alpha value is -2.90. The van der Waals surface area contributed by atoms with E-state index in [1.54, 1.807) is 38.1 Å². The van der Waals surface area contributed by atoms with Crippen molar-refractivity contribution in [2.75, 3.05) is 5.32 Å². The number of benzene rings is 1. The van der Waals surface area contributed by atoms with E-state index >= 15 is 0 Å². The first-order valence-corrected chi connectivity index (χ1v) is 10.8. The van der Waals surface area contributed by atoms with Crippen LogP contribution in [0.15, 0.2) is 47.9 Å². The molecule has 3 rings (SSSR count). The molecule has 32 heavy (non-hydrogen) atoms. The molecule has 0 fully saturated rings. The first-order valence-electron chi connectivity index (χ1n) is 10.0. The summed E-state index contributed by atoms with van der Waals surface area (Å²) in [4.78, 5) is 40.4. The fourth-order valence-electron chi connectivity index (χ4n) is 3.68. The molecule has 7 nitrogen and oxygen atoms in total. The molecule has 0 saturated carbocycles. The highest BCUT2D eigenvalue weighted by Gasteiger charge is 2.46. The van der Waals surface area contributed by atoms with Gasteiger partial charge in [0.05, 0.1) is 21.0 Å². The molecule has 2 aromatic rings. The number of carboxylic acid groups (broad SMARTS) is 1. The lowest BCUT2D eigenvalue weighted by molar-refractivity contribution is -0.139. The molecule has 168 valence electrons. The van der Waals surface area contributed by atoms with Crippen LogP contribution in [0.25, 0.3) is 0 Å². The van der Waals surface area contributed by atoms with Gasteiger partial charge in [0, 0.05) is 35.8 Å². The molecule has 9 heteroatoms. The van der Waals surface area contributed by atoms with Crippen LogP contribution >= 0.6 is 23.2 Å². The van der Waals surface area contributed by atoms with Crippen molar-refractivity contribution >= 4 is 46.5 Å². The molecule has 1 aliphatic rings. The van der Waals surface area contributed by atoms with Gasteiger partial charge in [0.25, 0.3) is 5.91 Å². The van der Waals surface area contributed by atoms with Gasteiger partial charge in [-0.1, -0.05) is 42.3 Å². The Morgan fingerprint density at radius 1 is 1.12 bits per heavy atom. The Labute approximate surface area is 195 Å². The second-order valence-electron chi connectivity index (χ2n) is 8.03. The minimum absolute atomic E-state index is 0.0427. The zero-order chi connectivity index (χ0) is 23.6. The fraction of sp³-hybridized carbons (Fsp3) is 0.304. The van der Waals surface area contributed by atoms with Crippen molar-refractivity contribution in [2.24, 2.45) is 5.41 Å². The molecule has 1 heterocycles. The summed E-state index contributed by atoms with van der Waals surface area (Å²) in [6.07, 6.45) is 3.43. The first-order chi connectivity index (χ1) is 15.1. The molecule has 1 unspecified atom stereocenters. The monoisotopic (exact) mass is 475 g/mol. The maximum Gasteiger partial charge on any atom is 0.326 e. The summed E-state index contributed by atoms with van der Waals surface area (Å²) in [7, 11) is 0. The highest BCUT2D eigenvalue weighted by atomic mass is 35.5. The molecule has 0 saturated heterocycles. The summed E-state index contributed by atoms with van der Waals surface area (Å²) in [5, 5.41) is 15.7. The van der Waals surface area contributed by atoms with Crippen LogP contribution in [0.1, 0.15) is 43.1 Å². The van der Waals surface area contributed by atoms with E-state index in [4.69, 9.17) is 23.2 Å². The third-order valence-electron chi connectivity index (χ3n) is 5.47. The zero-order valence-corrected chi connectivity index (χ0v) is 19.3. The Kier molecular flexibility index (Phi) is 6.91. The molecule has 1 aliphatic carbocycles. The number of allylic oxidation sites excluding steroid dienone is 2. The lowest BCUT2D eigenvalue weighted by atomic mass is 9.68. The molecule has 1 atom stereocenters. The Morgan fingerprint density at radius 2 is 1.72 bits per heavy atom. The van der Waals surface area contributed by atoms with Crippen molar-refractivity contribution < 1.29 is 19.5 Å². The van der Waals surface area contributed by atoms with E-state index in [1.807, 2.05) is 6.92 Å². The van der Waals surface area contributed by atoms with Crippen molar-refractivity contribution in [1.29, 1.82) is 0 Å². The minimum atomic E-state index is -1.01. The average Bonchev–Trinajstić information content (AvgIpc) is 2.73. The van der Waals surface area contributed by atoms with E-state index in [-0.39, 0.29) is 27.8 Å². The fourth-order valence-corrected chi connectivity index (χ4v) is 4.22. The average molecular weight is 476 g/mol. The summed E-state index contributed by atoms with van der Waals surface area (Å²) >= 11 is 12.0. The summed E-state index contributed by atoms with van der Waals surface area (Å²) in [6.45, 7) is 5.45. The van der Waals surface area contributed by atoms with Gasteiger partial charge in [0.15, 0.2) is 5.78 Å². The Balaban J connectivity index is 1.71. The number of ketones is 1. The van der Waals surface area contributed by atoms with Gasteiger partial charge >= 0.3 is 5.97 Å². The van der Waals surface area contributed by atoms with Gasteiger partial charge < -0.3 is 15.7 Å². The van der Waals surface area contributed by atoms with Gasteiger partial charge in [-0.2, -0.15) is 0 Å². The summed E-state index contributed by atoms with van der Waals surface area (Å²) in [5.74, 6) is -1.44. The number of carboxylic acids is 1. The van der Waals surface area contributed by atoms with Crippen LogP contribution in [0.5, 0.6) is 0 Å². The van der Waals surface area contributed by atoms with Crippen LogP contribution in [-0.2, 0) is 16.0 Å². The van der Waals surface area contributed by atoms with E-state index in [2.05, 4.69) is 15.6 Å². The Morgan fingerprint density at radius 3 is 2.25 bits per heavy atom. The third-order valence-corrected chi connectivity index (χ3v) is 6.04. The Bertz CT molecular complexity index is 1090. The number of aliphatic carboxylic acids is 1. The van der Waals surface area contributed by atoms with Crippen molar-refractivity contribution in [2.45, 2.75) is 39.7 Å². The maximum atomic E-state index is 12.5. The van der Waals surface area contributed by atoms with Crippen LogP contribution in [0.4, 0.5) is 5.69 Å². The number of Topliss-reactive ketones (excluding diaryl/α,β-unsaturated/α-hetero) is 1. The molecule has 0 radical (unpaired) electrons. The molecule has 0 aliphatic heterocycles. The number of amides is 1. The van der Waals surface area contributed by atoms with E-state index in [0.29, 0.717) is 23.4 Å². The van der Waals surface area contributed by atoms with E-state index in [0.717, 1.165) is 5.56 Å². The zero-order valence-electron chi connectivity index (χ0n) is 17.8. The second kappa shape index (κ2) is 9.30. The lowest BCUT2D eigenvalue weighted by Crippen LogP contribution is -2.51. The van der Waals surface area contributed by atoms with Crippen molar-refractivity contribution in [3.8, 4) is 0 Å². The van der Waals surface area contributed by atoms with Crippen LogP contribution in [0.3, 0.4) is 0 Å². The third kappa shape index (κ3) is 4.64. The summed E-state index contributed by atoms with van der Waals surface area (Å²) in [6, 6.07) is 5.91. The number of anilines is 1. The lowest BCUT2D eigenvalue weighted by Gasteiger charge is -2.40. The molecule has 3 N–H and O–H groups in total. The van der Waals surface area contributed by atoms with E-state index in [9.17, 15) is 19.5 Å². The smallest absolute Gasteiger partial charge is 0.326 e. The first kappa shape index (κ1) is 23.8. The molecule has 1 amide bonds. The number of halogens is 2. The quantitative estimate of drug-likeness (QED) is 0.518. The van der Waals surface area contributed by atoms with Gasteiger partial charge in [0.2, 0.25) is 0 Å². The molecule has 0 bridgehead atoms. The normalized spacial score (nSPS) is 15.7. The maximum absolute atomic E-state index is 12.5. The largest absolute Gasteiger partial charge is 0.480 e. The highest BCUT2D eigenvalue weighted by Crippen LogP contribution is 2.42. The van der Waals surface area contributed by atoms with Gasteiger partial charge in [-0.05, 0) is 38.0 Å². The minimum Gasteiger partial charge on any atom is -0.480 e. The molecule has 1 aromatic heterocycles. The van der Waals surface area contributed by atoms with Gasteiger partial charge in [-0.3, -0.25) is 14.6 Å². The number of nitrogens with one attached hydrogen (secondary N) is 2. The molecular weight excluding hydrogens is 453 g/mol. The van der Waals surface area contributed by atoms with Crippen LogP contribution in [-0.4, -0.2) is 33.8 Å². The molecular formula is C23H23Cl2N3O4. The molecule has 1 aromatic carbocycles. The van der Waals surface area contributed by atoms with Crippen LogP contribution < -0.4 is 10.6 Å². The van der Waals surface area contributed by atoms with Crippen molar-refractivity contribution in [1.82, 2.24) is 10.3 Å². The van der Waals surface area contributed by atoms with Crippen LogP contribution in [0, 0.1) is 5.41 Å². The number of carbonyl (C=O) groups excluding carboxylic acids is 2. The standard InChI is InChI=1S/C23H23Cl2N3O4/c1-4-14-19(23(2,3)20(14)29)28-17(22(31)32)9-12-5-7-13(8-6-12)27-21(30)18-15(24)10-26-11-16(18)25/h5-8,10-11,17,28H,4,9H2,1-3H3,(H,27,30)(H,31,32). The van der Waals surface area contributed by atoms with E-state index < -0.39 is 23.3 Å². The van der Waals surface area contributed by atoms with Crippen molar-refractivity contribution in [3.05, 3.63) is 69.1 Å². The van der Waals surface area contributed by atoms with Gasteiger partial charge in [-0.25, -0.2) is 4.79 Å². The number of rotatable bonds is 8. The topological polar surface area (TPSA) is 108 Å². The number of hydrogen-bond donors (Lipinski definition) is 3. The van der Waals surface area contributed by atoms with Crippen molar-refractivity contribution in [3.63, 3.8) is 0 Å². The highest BCUT2D eigenvalue weighted by molar-refractivity contribution is 6.40. The number of hydrogen-bond acceptors (Lipinski definition) is 5. The molecule has 0 spiro atoms. The van der Waals surface area contributed by atoms with Crippen LogP contribution in [0.2, 0.25) is 10.0 Å². The summed E-state index contributed by atoms with van der Waals surface area (Å²) < 4.78 is 0. The number of nitrogens with zero attached hydrogens (tertiary/aromatic N) is 1. The SMILES string of the molecule is CCC1=C(NC(Cc2ccc(NC(=O)c3c(Cl)cncc3Cl)cc2)C(=O)O)C(C)(C)C1=O. The number of pyridine rings is 1. The van der Waals surface area contributed by atoms with Gasteiger partial charge in [-0.15, -0.1) is 0 Å². The van der Waals surface area contributed by atoms with E-state index in [1.165, 1.54) is 12.4 Å². The predicted octanol–water partition coefficient (Wildman–Crippen LogP) is 4.50. The second-order valence-corrected chi connectivity index (χ2v) is 8.84. The van der Waals surface area contributed by atoms with Gasteiger partial charge in [0.1, 0.15) is 6.04 Å². The number of carbonyl (C=O) groups is 3. The number of aromatic nitrogens is 1. The predicted molar refractivity (Wildman–Crippen MR) is 123 cm³/mol. The summed E-state index contributed by atoms with van der Waals surface area (Å²) in [5.41, 5.74) is 2.01.